The number of carbonyl (C=O) groups excluding carboxylic acids is 1. The monoisotopic (exact) mass is 346 g/mol. The number of fused-ring (bicyclic) bond motifs is 1. The van der Waals surface area contributed by atoms with Crippen molar-refractivity contribution in [2.24, 2.45) is 11.7 Å². The number of pyridine rings is 1. The average molecular weight is 346 g/mol. The quantitative estimate of drug-likeness (QED) is 0.732. The van der Waals surface area contributed by atoms with Gasteiger partial charge in [0.2, 0.25) is 0 Å². The molecule has 0 aromatic carbocycles. The fourth-order valence-electron chi connectivity index (χ4n) is 3.80. The first kappa shape index (κ1) is 18.3. The van der Waals surface area contributed by atoms with Crippen molar-refractivity contribution in [2.75, 3.05) is 13.7 Å². The first-order chi connectivity index (χ1) is 12.2. The molecule has 1 saturated carbocycles. The third-order valence-electron chi connectivity index (χ3n) is 5.52. The van der Waals surface area contributed by atoms with E-state index in [9.17, 15) is 4.79 Å². The van der Waals surface area contributed by atoms with E-state index in [1.54, 1.807) is 0 Å². The maximum Gasteiger partial charge on any atom is 0.322 e. The van der Waals surface area contributed by atoms with E-state index < -0.39 is 6.04 Å². The highest BCUT2D eigenvalue weighted by atomic mass is 16.5. The summed E-state index contributed by atoms with van der Waals surface area (Å²) in [5, 5.41) is 0. The van der Waals surface area contributed by atoms with E-state index in [1.807, 2.05) is 0 Å². The van der Waals surface area contributed by atoms with Crippen LogP contribution in [0.1, 0.15) is 55.5 Å². The molecule has 3 rings (SSSR count). The van der Waals surface area contributed by atoms with Gasteiger partial charge in [0.1, 0.15) is 6.04 Å². The number of nitrogens with two attached hydrogens (primary N) is 1. The number of aromatic nitrogens is 1. The van der Waals surface area contributed by atoms with Gasteiger partial charge in [0, 0.05) is 18.0 Å². The molecule has 0 aliphatic heterocycles. The molecule has 0 radical (unpaired) electrons. The Morgan fingerprint density at radius 2 is 2.12 bits per heavy atom. The van der Waals surface area contributed by atoms with Crippen molar-refractivity contribution in [1.29, 1.82) is 0 Å². The van der Waals surface area contributed by atoms with Crippen LogP contribution in [0.4, 0.5) is 0 Å². The van der Waals surface area contributed by atoms with Gasteiger partial charge >= 0.3 is 5.97 Å². The van der Waals surface area contributed by atoms with Crippen LogP contribution in [0.5, 0.6) is 0 Å². The van der Waals surface area contributed by atoms with Gasteiger partial charge in [0.15, 0.2) is 0 Å². The van der Waals surface area contributed by atoms with Gasteiger partial charge in [-0.05, 0) is 75.3 Å². The van der Waals surface area contributed by atoms with Crippen LogP contribution in [0.2, 0.25) is 0 Å². The molecule has 1 unspecified atom stereocenters. The zero-order valence-electron chi connectivity index (χ0n) is 15.2. The number of methoxy groups -OCH3 is 1. The summed E-state index contributed by atoms with van der Waals surface area (Å²) in [4.78, 5) is 16.1. The first-order valence-corrected chi connectivity index (χ1v) is 9.58. The summed E-state index contributed by atoms with van der Waals surface area (Å²) in [5.74, 6) is 0.366. The second kappa shape index (κ2) is 8.77. The molecule has 0 bridgehead atoms. The summed E-state index contributed by atoms with van der Waals surface area (Å²) >= 11 is 0. The highest BCUT2D eigenvalue weighted by Gasteiger charge is 2.29. The molecule has 1 heterocycles. The lowest BCUT2D eigenvalue weighted by molar-refractivity contribution is -0.143. The average Bonchev–Trinajstić information content (AvgIpc) is 2.61. The summed E-state index contributed by atoms with van der Waals surface area (Å²) < 4.78 is 10.4. The number of hydrogen-bond donors (Lipinski definition) is 1. The largest absolute Gasteiger partial charge is 0.468 e. The van der Waals surface area contributed by atoms with Crippen molar-refractivity contribution in [2.45, 2.75) is 69.9 Å². The fourth-order valence-corrected chi connectivity index (χ4v) is 3.80. The van der Waals surface area contributed by atoms with Crippen LogP contribution in [0, 0.1) is 5.92 Å². The Kier molecular flexibility index (Phi) is 6.43. The predicted octanol–water partition coefficient (Wildman–Crippen LogP) is 2.58. The van der Waals surface area contributed by atoms with Crippen LogP contribution in [0.15, 0.2) is 12.1 Å². The van der Waals surface area contributed by atoms with Gasteiger partial charge in [-0.1, -0.05) is 6.07 Å². The zero-order valence-corrected chi connectivity index (χ0v) is 15.2. The summed E-state index contributed by atoms with van der Waals surface area (Å²) in [6, 6.07) is 3.93. The molecule has 2 N–H and O–H groups in total. The van der Waals surface area contributed by atoms with Crippen LogP contribution in [0.3, 0.4) is 0 Å². The number of ether oxygens (including phenoxy) is 2. The standard InChI is InChI=1S/C20H30N2O3/c1-24-20(23)18(21)10-11-25-17-12-14(13-17)6-8-16-9-7-15-4-2-3-5-19(15)22-16/h7,9,14,17-18H,2-6,8,10-13,21H2,1H3. The Balaban J connectivity index is 1.31. The van der Waals surface area contributed by atoms with Gasteiger partial charge in [-0.25, -0.2) is 0 Å². The number of rotatable bonds is 8. The number of hydrogen-bond acceptors (Lipinski definition) is 5. The molecule has 1 aromatic heterocycles. The topological polar surface area (TPSA) is 74.4 Å². The molecular formula is C20H30N2O3. The molecule has 138 valence electrons. The summed E-state index contributed by atoms with van der Waals surface area (Å²) in [6.45, 7) is 0.528. The molecular weight excluding hydrogens is 316 g/mol. The minimum absolute atomic E-state index is 0.325. The van der Waals surface area contributed by atoms with Crippen molar-refractivity contribution in [3.63, 3.8) is 0 Å². The van der Waals surface area contributed by atoms with Crippen LogP contribution >= 0.6 is 0 Å². The van der Waals surface area contributed by atoms with Gasteiger partial charge in [-0.2, -0.15) is 0 Å². The Hall–Kier alpha value is -1.46. The lowest BCUT2D eigenvalue weighted by atomic mass is 9.79. The van der Waals surface area contributed by atoms with E-state index in [-0.39, 0.29) is 5.97 Å². The minimum atomic E-state index is -0.573. The van der Waals surface area contributed by atoms with Crippen molar-refractivity contribution >= 4 is 5.97 Å². The maximum absolute atomic E-state index is 11.2. The number of nitrogens with zero attached hydrogens (tertiary/aromatic N) is 1. The number of esters is 1. The highest BCUT2D eigenvalue weighted by molar-refractivity contribution is 5.75. The first-order valence-electron chi connectivity index (χ1n) is 9.58. The van der Waals surface area contributed by atoms with Crippen LogP contribution in [-0.2, 0) is 33.5 Å². The second-order valence-corrected chi connectivity index (χ2v) is 7.40. The molecule has 0 spiro atoms. The molecule has 25 heavy (non-hydrogen) atoms. The summed E-state index contributed by atoms with van der Waals surface area (Å²) in [6.07, 6.45) is 10.3. The van der Waals surface area contributed by atoms with Crippen molar-refractivity contribution in [3.05, 3.63) is 29.1 Å². The highest BCUT2D eigenvalue weighted by Crippen LogP contribution is 2.33. The molecule has 2 aliphatic carbocycles. The van der Waals surface area contributed by atoms with Gasteiger partial charge in [-0.3, -0.25) is 9.78 Å². The van der Waals surface area contributed by atoms with E-state index in [2.05, 4.69) is 16.9 Å². The van der Waals surface area contributed by atoms with E-state index >= 15 is 0 Å². The third-order valence-corrected chi connectivity index (χ3v) is 5.52. The van der Waals surface area contributed by atoms with Gasteiger partial charge in [0.25, 0.3) is 0 Å². The van der Waals surface area contributed by atoms with Crippen LogP contribution in [-0.4, -0.2) is 36.8 Å². The SMILES string of the molecule is COC(=O)C(N)CCOC1CC(CCc2ccc3c(n2)CCCC3)C1. The van der Waals surface area contributed by atoms with E-state index in [4.69, 9.17) is 15.5 Å². The summed E-state index contributed by atoms with van der Waals surface area (Å²) in [7, 11) is 1.36. The van der Waals surface area contributed by atoms with Crippen molar-refractivity contribution < 1.29 is 14.3 Å². The molecule has 5 nitrogen and oxygen atoms in total. The van der Waals surface area contributed by atoms with Crippen molar-refractivity contribution in [3.8, 4) is 0 Å². The second-order valence-electron chi connectivity index (χ2n) is 7.40. The Morgan fingerprint density at radius 1 is 1.32 bits per heavy atom. The van der Waals surface area contributed by atoms with E-state index in [1.165, 1.54) is 49.7 Å². The number of carbonyl (C=O) groups is 1. The van der Waals surface area contributed by atoms with E-state index in [0.717, 1.165) is 31.6 Å². The minimum Gasteiger partial charge on any atom is -0.468 e. The Bertz CT molecular complexity index is 584. The van der Waals surface area contributed by atoms with Crippen LogP contribution in [0.25, 0.3) is 0 Å². The van der Waals surface area contributed by atoms with Crippen LogP contribution < -0.4 is 5.73 Å². The molecule has 5 heteroatoms. The molecule has 1 aromatic rings. The van der Waals surface area contributed by atoms with Gasteiger partial charge in [-0.15, -0.1) is 0 Å². The lowest BCUT2D eigenvalue weighted by Gasteiger charge is -2.35. The third kappa shape index (κ3) is 5.02. The summed E-state index contributed by atoms with van der Waals surface area (Å²) in [5.41, 5.74) is 9.73. The lowest BCUT2D eigenvalue weighted by Crippen LogP contribution is -2.36. The smallest absolute Gasteiger partial charge is 0.322 e. The van der Waals surface area contributed by atoms with Gasteiger partial charge < -0.3 is 15.2 Å². The molecule has 2 aliphatic rings. The Labute approximate surface area is 150 Å². The van der Waals surface area contributed by atoms with Gasteiger partial charge in [0.05, 0.1) is 13.2 Å². The molecule has 0 saturated heterocycles. The number of aryl methyl sites for hydroxylation is 3. The zero-order chi connectivity index (χ0) is 17.6. The van der Waals surface area contributed by atoms with Crippen molar-refractivity contribution in [1.82, 2.24) is 4.98 Å². The normalized spacial score (nSPS) is 23.4. The molecule has 0 amide bonds. The Morgan fingerprint density at radius 3 is 2.92 bits per heavy atom. The maximum atomic E-state index is 11.2. The molecule has 1 fully saturated rings. The predicted molar refractivity (Wildman–Crippen MR) is 96.3 cm³/mol. The fraction of sp³-hybridized carbons (Fsp3) is 0.700. The van der Waals surface area contributed by atoms with E-state index in [0.29, 0.717) is 19.1 Å². The molecule has 1 atom stereocenters.